The van der Waals surface area contributed by atoms with Crippen molar-refractivity contribution in [2.45, 2.75) is 83.2 Å². The number of likely N-dealkylation sites (tertiary alicyclic amines) is 3. The van der Waals surface area contributed by atoms with Crippen LogP contribution in [0.25, 0.3) is 0 Å². The first kappa shape index (κ1) is 43.8. The Morgan fingerprint density at radius 1 is 0.679 bits per heavy atom. The molecule has 0 aromatic heterocycles. The lowest BCUT2D eigenvalue weighted by Crippen LogP contribution is -2.33. The number of hydrogen-bond donors (Lipinski definition) is 0. The Balaban J connectivity index is 0.000000179. The second kappa shape index (κ2) is 22.6. The van der Waals surface area contributed by atoms with E-state index >= 15 is 0 Å². The van der Waals surface area contributed by atoms with E-state index in [0.717, 1.165) is 88.0 Å². The Hall–Kier alpha value is -1.97. The van der Waals surface area contributed by atoms with Gasteiger partial charge in [-0.3, -0.25) is 4.90 Å². The average molecular weight is 816 g/mol. The first-order valence-corrected chi connectivity index (χ1v) is 20.5. The number of rotatable bonds is 10. The summed E-state index contributed by atoms with van der Waals surface area (Å²) in [4.78, 5) is 7.25. The maximum Gasteiger partial charge on any atom is 0.387 e. The van der Waals surface area contributed by atoms with E-state index in [4.69, 9.17) is 46.4 Å². The number of hydrogen-bond acceptors (Lipinski definition) is 4. The lowest BCUT2D eigenvalue weighted by atomic mass is 9.89. The number of halogens is 7. The van der Waals surface area contributed by atoms with Crippen LogP contribution in [0.1, 0.15) is 93.2 Å². The number of piperidine rings is 3. The molecule has 0 bridgehead atoms. The van der Waals surface area contributed by atoms with Gasteiger partial charge in [-0.2, -0.15) is 8.78 Å². The summed E-state index contributed by atoms with van der Waals surface area (Å²) in [6.07, 6.45) is 9.46. The van der Waals surface area contributed by atoms with Gasteiger partial charge in [0.2, 0.25) is 0 Å². The SMILES string of the molecule is C=CCN1CCC(c2cccc(Cl)c2Cl)CC1.CCCN1CCC(c2cccc(OC(F)F)c2F)CC1.CCN1CCC(c2cccc(Cl)c2Cl)CC1. The van der Waals surface area contributed by atoms with Crippen molar-refractivity contribution in [2.24, 2.45) is 0 Å². The second-order valence-corrected chi connectivity index (χ2v) is 15.6. The van der Waals surface area contributed by atoms with Crippen LogP contribution in [0.15, 0.2) is 67.3 Å². The fourth-order valence-corrected chi connectivity index (χ4v) is 8.58. The van der Waals surface area contributed by atoms with E-state index < -0.39 is 12.4 Å². The van der Waals surface area contributed by atoms with E-state index in [2.05, 4.69) is 52.0 Å². The number of nitrogens with zero attached hydrogens (tertiary/aromatic N) is 3. The molecule has 0 atom stereocenters. The predicted molar refractivity (Wildman–Crippen MR) is 217 cm³/mol. The third-order valence-electron chi connectivity index (χ3n) is 10.6. The summed E-state index contributed by atoms with van der Waals surface area (Å²) in [5.41, 5.74) is 2.93. The zero-order valence-corrected chi connectivity index (χ0v) is 34.0. The van der Waals surface area contributed by atoms with Gasteiger partial charge in [0.05, 0.1) is 20.1 Å². The van der Waals surface area contributed by atoms with Gasteiger partial charge in [0.1, 0.15) is 0 Å². The van der Waals surface area contributed by atoms with Gasteiger partial charge >= 0.3 is 6.61 Å². The van der Waals surface area contributed by atoms with Crippen molar-refractivity contribution >= 4 is 46.4 Å². The molecule has 3 aromatic rings. The summed E-state index contributed by atoms with van der Waals surface area (Å²) >= 11 is 24.6. The van der Waals surface area contributed by atoms with E-state index in [1.165, 1.54) is 43.1 Å². The normalized spacial score (nSPS) is 18.2. The van der Waals surface area contributed by atoms with E-state index in [-0.39, 0.29) is 11.7 Å². The zero-order valence-electron chi connectivity index (χ0n) is 31.0. The van der Waals surface area contributed by atoms with Crippen molar-refractivity contribution in [3.63, 3.8) is 0 Å². The molecule has 292 valence electrons. The molecule has 3 heterocycles. The van der Waals surface area contributed by atoms with Crippen LogP contribution in [0.3, 0.4) is 0 Å². The van der Waals surface area contributed by atoms with Crippen LogP contribution >= 0.6 is 46.4 Å². The van der Waals surface area contributed by atoms with Gasteiger partial charge in [0.25, 0.3) is 0 Å². The highest BCUT2D eigenvalue weighted by Gasteiger charge is 2.26. The van der Waals surface area contributed by atoms with E-state index in [1.807, 2.05) is 30.3 Å². The van der Waals surface area contributed by atoms with E-state index in [9.17, 15) is 13.2 Å². The van der Waals surface area contributed by atoms with Crippen LogP contribution in [-0.2, 0) is 0 Å². The molecule has 3 fully saturated rings. The topological polar surface area (TPSA) is 19.0 Å². The Labute approximate surface area is 335 Å². The first-order chi connectivity index (χ1) is 25.6. The summed E-state index contributed by atoms with van der Waals surface area (Å²) in [7, 11) is 0. The zero-order chi connectivity index (χ0) is 38.3. The molecule has 0 aliphatic carbocycles. The average Bonchev–Trinajstić information content (AvgIpc) is 3.16. The summed E-state index contributed by atoms with van der Waals surface area (Å²) in [5, 5.41) is 2.82. The molecular formula is C42H54Cl4F3N3O. The summed E-state index contributed by atoms with van der Waals surface area (Å²) in [6.45, 7) is 14.7. The maximum atomic E-state index is 14.2. The summed E-state index contributed by atoms with van der Waals surface area (Å²) in [5.74, 6) is 0.218. The van der Waals surface area contributed by atoms with Crippen molar-refractivity contribution in [3.8, 4) is 5.75 Å². The number of benzene rings is 3. The largest absolute Gasteiger partial charge is 0.432 e. The van der Waals surface area contributed by atoms with Crippen molar-refractivity contribution in [3.05, 3.63) is 110 Å². The quantitative estimate of drug-likeness (QED) is 0.190. The third kappa shape index (κ3) is 13.1. The minimum Gasteiger partial charge on any atom is -0.432 e. The predicted octanol–water partition coefficient (Wildman–Crippen LogP) is 12.6. The van der Waals surface area contributed by atoms with Crippen molar-refractivity contribution < 1.29 is 17.9 Å². The van der Waals surface area contributed by atoms with Crippen molar-refractivity contribution in [1.82, 2.24) is 14.7 Å². The van der Waals surface area contributed by atoms with Gasteiger partial charge in [-0.25, -0.2) is 4.39 Å². The maximum absolute atomic E-state index is 14.2. The molecule has 0 N–H and O–H groups in total. The molecule has 11 heteroatoms. The van der Waals surface area contributed by atoms with Gasteiger partial charge in [-0.15, -0.1) is 6.58 Å². The Morgan fingerprint density at radius 2 is 1.11 bits per heavy atom. The van der Waals surface area contributed by atoms with Gasteiger partial charge in [-0.05, 0) is 150 Å². The van der Waals surface area contributed by atoms with Crippen molar-refractivity contribution in [2.75, 3.05) is 58.9 Å². The Morgan fingerprint density at radius 3 is 1.57 bits per heavy atom. The van der Waals surface area contributed by atoms with Gasteiger partial charge < -0.3 is 14.5 Å². The summed E-state index contributed by atoms with van der Waals surface area (Å²) < 4.78 is 42.8. The molecule has 0 amide bonds. The first-order valence-electron chi connectivity index (χ1n) is 18.9. The van der Waals surface area contributed by atoms with Crippen molar-refractivity contribution in [1.29, 1.82) is 0 Å². The third-order valence-corrected chi connectivity index (χ3v) is 12.3. The smallest absolute Gasteiger partial charge is 0.387 e. The highest BCUT2D eigenvalue weighted by atomic mass is 35.5. The molecule has 0 radical (unpaired) electrons. The highest BCUT2D eigenvalue weighted by molar-refractivity contribution is 6.43. The lowest BCUT2D eigenvalue weighted by molar-refractivity contribution is -0.0523. The molecule has 0 spiro atoms. The minimum absolute atomic E-state index is 0.0873. The van der Waals surface area contributed by atoms with Crippen LogP contribution in [0.2, 0.25) is 20.1 Å². The molecular weight excluding hydrogens is 761 g/mol. The molecule has 0 unspecified atom stereocenters. The van der Waals surface area contributed by atoms with Gasteiger partial charge in [-0.1, -0.05) is 103 Å². The fourth-order valence-electron chi connectivity index (χ4n) is 7.65. The molecule has 3 aromatic carbocycles. The van der Waals surface area contributed by atoms with Gasteiger partial charge in [0.15, 0.2) is 11.6 Å². The molecule has 3 saturated heterocycles. The monoisotopic (exact) mass is 813 g/mol. The Bertz CT molecular complexity index is 1560. The number of alkyl halides is 2. The molecule has 3 aliphatic heterocycles. The van der Waals surface area contributed by atoms with E-state index in [0.29, 0.717) is 27.4 Å². The molecule has 0 saturated carbocycles. The van der Waals surface area contributed by atoms with Gasteiger partial charge in [0, 0.05) is 6.54 Å². The fraction of sp³-hybridized carbons (Fsp3) is 0.524. The van der Waals surface area contributed by atoms with Crippen LogP contribution < -0.4 is 4.74 Å². The summed E-state index contributed by atoms with van der Waals surface area (Å²) in [6, 6.07) is 16.4. The van der Waals surface area contributed by atoms with Crippen LogP contribution in [-0.4, -0.2) is 80.2 Å². The molecule has 4 nitrogen and oxygen atoms in total. The molecule has 3 aliphatic rings. The minimum atomic E-state index is -2.99. The van der Waals surface area contributed by atoms with Crippen LogP contribution in [0, 0.1) is 5.82 Å². The highest BCUT2D eigenvalue weighted by Crippen LogP contribution is 2.38. The number of ether oxygens (including phenoxy) is 1. The lowest BCUT2D eigenvalue weighted by Gasteiger charge is -2.32. The van der Waals surface area contributed by atoms with Crippen LogP contribution in [0.4, 0.5) is 13.2 Å². The van der Waals surface area contributed by atoms with Crippen LogP contribution in [0.5, 0.6) is 5.75 Å². The Kier molecular flexibility index (Phi) is 18.6. The second-order valence-electron chi connectivity index (χ2n) is 14.0. The molecule has 6 rings (SSSR count). The molecule has 53 heavy (non-hydrogen) atoms. The van der Waals surface area contributed by atoms with E-state index in [1.54, 1.807) is 12.1 Å². The standard InChI is InChI=1S/C15H20F3NO.C14H17Cl2N.C13H17Cl2N/c1-2-8-19-9-6-11(7-10-19)12-4-3-5-13(14(12)16)20-15(17)18;1-2-8-17-9-6-11(7-10-17)12-4-3-5-13(15)14(12)16;1-2-16-8-6-10(7-9-16)11-4-3-5-12(14)13(11)15/h3-5,11,15H,2,6-10H2,1H3;2-5,11H,1,6-10H2;3-5,10H,2,6-9H2,1H3.